The van der Waals surface area contributed by atoms with Gasteiger partial charge in [0, 0.05) is 23.5 Å². The van der Waals surface area contributed by atoms with E-state index in [1.54, 1.807) is 12.1 Å². The highest BCUT2D eigenvalue weighted by Crippen LogP contribution is 2.40. The van der Waals surface area contributed by atoms with Crippen molar-refractivity contribution in [1.82, 2.24) is 25.1 Å². The standard InChI is InChI=1S/C17H20BrN5O2/c18-13-4-5-15(23-20-11-19-21-23)14(9-13)16(24)22-8-7-17(25)6-2-1-3-12(17)10-22/h4-5,9,11-12,25H,1-3,6-8,10H2/t12-,17+/m0/s1. The van der Waals surface area contributed by atoms with E-state index in [0.717, 1.165) is 30.2 Å². The highest BCUT2D eigenvalue weighted by Gasteiger charge is 2.44. The number of benzene rings is 1. The Morgan fingerprint density at radius 2 is 2.20 bits per heavy atom. The lowest BCUT2D eigenvalue weighted by molar-refractivity contribution is -0.0886. The fourth-order valence-corrected chi connectivity index (χ4v) is 4.42. The molecule has 2 atom stereocenters. The van der Waals surface area contributed by atoms with Crippen LogP contribution in [0.3, 0.4) is 0 Å². The third-order valence-corrected chi connectivity index (χ3v) is 5.96. The van der Waals surface area contributed by atoms with Crippen LogP contribution in [0.25, 0.3) is 5.69 Å². The smallest absolute Gasteiger partial charge is 0.256 e. The average Bonchev–Trinajstić information content (AvgIpc) is 3.14. The van der Waals surface area contributed by atoms with Gasteiger partial charge in [-0.25, -0.2) is 0 Å². The van der Waals surface area contributed by atoms with Crippen molar-refractivity contribution < 1.29 is 9.90 Å². The third kappa shape index (κ3) is 3.08. The van der Waals surface area contributed by atoms with Gasteiger partial charge in [-0.1, -0.05) is 28.8 Å². The fraction of sp³-hybridized carbons (Fsp3) is 0.529. The Morgan fingerprint density at radius 1 is 1.32 bits per heavy atom. The maximum atomic E-state index is 13.2. The normalized spacial score (nSPS) is 26.3. The van der Waals surface area contributed by atoms with Gasteiger partial charge >= 0.3 is 0 Å². The number of nitrogens with zero attached hydrogens (tertiary/aromatic N) is 5. The number of rotatable bonds is 2. The van der Waals surface area contributed by atoms with Gasteiger partial charge in [-0.15, -0.1) is 15.0 Å². The van der Waals surface area contributed by atoms with E-state index >= 15 is 0 Å². The molecule has 0 radical (unpaired) electrons. The molecule has 0 unspecified atom stereocenters. The minimum absolute atomic E-state index is 0.0544. The minimum Gasteiger partial charge on any atom is -0.389 e. The Hall–Kier alpha value is -1.80. The molecule has 7 nitrogen and oxygen atoms in total. The average molecular weight is 406 g/mol. The van der Waals surface area contributed by atoms with Gasteiger partial charge in [0.25, 0.3) is 5.91 Å². The first-order valence-electron chi connectivity index (χ1n) is 8.61. The summed E-state index contributed by atoms with van der Waals surface area (Å²) in [5.74, 6) is 0.111. The van der Waals surface area contributed by atoms with Crippen molar-refractivity contribution in [3.8, 4) is 5.69 Å². The van der Waals surface area contributed by atoms with E-state index in [-0.39, 0.29) is 11.8 Å². The molecule has 2 aliphatic rings. The van der Waals surface area contributed by atoms with Crippen LogP contribution in [0.15, 0.2) is 29.0 Å². The van der Waals surface area contributed by atoms with E-state index in [1.807, 2.05) is 11.0 Å². The van der Waals surface area contributed by atoms with Gasteiger partial charge in [-0.05, 0) is 42.7 Å². The van der Waals surface area contributed by atoms with Gasteiger partial charge in [0.15, 0.2) is 6.33 Å². The summed E-state index contributed by atoms with van der Waals surface area (Å²) in [4.78, 5) is 16.4. The van der Waals surface area contributed by atoms with Gasteiger partial charge in [0.05, 0.1) is 11.2 Å². The van der Waals surface area contributed by atoms with Gasteiger partial charge < -0.3 is 10.0 Å². The van der Waals surface area contributed by atoms with Gasteiger partial charge in [-0.2, -0.15) is 0 Å². The number of halogens is 1. The first-order chi connectivity index (χ1) is 12.1. The summed E-state index contributed by atoms with van der Waals surface area (Å²) >= 11 is 3.44. The molecule has 1 saturated carbocycles. The Morgan fingerprint density at radius 3 is 3.00 bits per heavy atom. The molecule has 132 valence electrons. The van der Waals surface area contributed by atoms with Crippen LogP contribution in [0.4, 0.5) is 0 Å². The SMILES string of the molecule is O=C(c1cc(Br)ccc1-n1ncnn1)N1CC[C@]2(O)CCCC[C@H]2C1. The second-order valence-electron chi connectivity index (χ2n) is 6.93. The van der Waals surface area contributed by atoms with Gasteiger partial charge in [-0.3, -0.25) is 4.79 Å². The van der Waals surface area contributed by atoms with Crippen molar-refractivity contribution in [2.75, 3.05) is 13.1 Å². The Kier molecular flexibility index (Phi) is 4.33. The number of aliphatic hydroxyl groups is 1. The summed E-state index contributed by atoms with van der Waals surface area (Å²) in [6.45, 7) is 1.18. The highest BCUT2D eigenvalue weighted by molar-refractivity contribution is 9.10. The quantitative estimate of drug-likeness (QED) is 0.827. The first-order valence-corrected chi connectivity index (χ1v) is 9.41. The zero-order valence-corrected chi connectivity index (χ0v) is 15.4. The van der Waals surface area contributed by atoms with Crippen LogP contribution in [0, 0.1) is 5.92 Å². The molecule has 1 aliphatic carbocycles. The van der Waals surface area contributed by atoms with E-state index in [9.17, 15) is 9.90 Å². The van der Waals surface area contributed by atoms with Crippen LogP contribution < -0.4 is 0 Å². The topological polar surface area (TPSA) is 84.1 Å². The summed E-state index contributed by atoms with van der Waals surface area (Å²) in [6.07, 6.45) is 6.03. The predicted molar refractivity (Wildman–Crippen MR) is 94.3 cm³/mol. The number of hydrogen-bond acceptors (Lipinski definition) is 5. The van der Waals surface area contributed by atoms with E-state index < -0.39 is 5.60 Å². The van der Waals surface area contributed by atoms with Crippen LogP contribution in [0.2, 0.25) is 0 Å². The van der Waals surface area contributed by atoms with Crippen LogP contribution in [-0.2, 0) is 0 Å². The zero-order valence-electron chi connectivity index (χ0n) is 13.8. The van der Waals surface area contributed by atoms with E-state index in [0.29, 0.717) is 30.8 Å². The number of fused-ring (bicyclic) bond motifs is 1. The zero-order chi connectivity index (χ0) is 17.4. The second-order valence-corrected chi connectivity index (χ2v) is 7.85. The third-order valence-electron chi connectivity index (χ3n) is 5.47. The number of aromatic nitrogens is 4. The van der Waals surface area contributed by atoms with Gasteiger partial charge in [0.1, 0.15) is 5.69 Å². The van der Waals surface area contributed by atoms with Crippen LogP contribution in [0.1, 0.15) is 42.5 Å². The molecule has 1 aromatic carbocycles. The number of carbonyl (C=O) groups excluding carboxylic acids is 1. The molecule has 1 aliphatic heterocycles. The number of carbonyl (C=O) groups is 1. The van der Waals surface area contributed by atoms with Crippen molar-refractivity contribution in [3.05, 3.63) is 34.6 Å². The maximum Gasteiger partial charge on any atom is 0.256 e. The molecule has 2 heterocycles. The van der Waals surface area contributed by atoms with Crippen LogP contribution >= 0.6 is 15.9 Å². The molecule has 2 fully saturated rings. The molecule has 1 N–H and O–H groups in total. The monoisotopic (exact) mass is 405 g/mol. The first kappa shape index (κ1) is 16.7. The molecule has 1 saturated heterocycles. The van der Waals surface area contributed by atoms with Crippen molar-refractivity contribution in [2.24, 2.45) is 5.92 Å². The van der Waals surface area contributed by atoms with Gasteiger partial charge in [0.2, 0.25) is 0 Å². The number of amides is 1. The van der Waals surface area contributed by atoms with Crippen LogP contribution in [-0.4, -0.2) is 54.8 Å². The highest BCUT2D eigenvalue weighted by atomic mass is 79.9. The molecule has 1 amide bonds. The predicted octanol–water partition coefficient (Wildman–Crippen LogP) is 2.19. The summed E-state index contributed by atoms with van der Waals surface area (Å²) in [5, 5.41) is 22.5. The molecular formula is C17H20BrN5O2. The molecule has 25 heavy (non-hydrogen) atoms. The Labute approximate surface area is 154 Å². The molecular weight excluding hydrogens is 386 g/mol. The maximum absolute atomic E-state index is 13.2. The van der Waals surface area contributed by atoms with Crippen molar-refractivity contribution in [1.29, 1.82) is 0 Å². The summed E-state index contributed by atoms with van der Waals surface area (Å²) in [5.41, 5.74) is 0.548. The number of likely N-dealkylation sites (tertiary alicyclic amines) is 1. The minimum atomic E-state index is -0.595. The van der Waals surface area contributed by atoms with E-state index in [4.69, 9.17) is 0 Å². The summed E-state index contributed by atoms with van der Waals surface area (Å²) in [7, 11) is 0. The number of piperidine rings is 1. The lowest BCUT2D eigenvalue weighted by atomic mass is 9.71. The summed E-state index contributed by atoms with van der Waals surface area (Å²) in [6, 6.07) is 5.45. The Balaban J connectivity index is 1.62. The van der Waals surface area contributed by atoms with Crippen molar-refractivity contribution in [3.63, 3.8) is 0 Å². The molecule has 1 aromatic heterocycles. The molecule has 2 aromatic rings. The summed E-state index contributed by atoms with van der Waals surface area (Å²) < 4.78 is 0.825. The number of hydrogen-bond donors (Lipinski definition) is 1. The van der Waals surface area contributed by atoms with Crippen molar-refractivity contribution in [2.45, 2.75) is 37.7 Å². The fourth-order valence-electron chi connectivity index (χ4n) is 4.06. The second kappa shape index (κ2) is 6.49. The molecule has 0 bridgehead atoms. The lowest BCUT2D eigenvalue weighted by Crippen LogP contribution is -2.54. The van der Waals surface area contributed by atoms with Crippen molar-refractivity contribution >= 4 is 21.8 Å². The Bertz CT molecular complexity index is 781. The van der Waals surface area contributed by atoms with Crippen LogP contribution in [0.5, 0.6) is 0 Å². The lowest BCUT2D eigenvalue weighted by Gasteiger charge is -2.47. The molecule has 4 rings (SSSR count). The number of tetrazole rings is 1. The molecule has 8 heteroatoms. The molecule has 0 spiro atoms. The largest absolute Gasteiger partial charge is 0.389 e. The van der Waals surface area contributed by atoms with E-state index in [1.165, 1.54) is 11.1 Å². The van der Waals surface area contributed by atoms with E-state index in [2.05, 4.69) is 31.3 Å².